The van der Waals surface area contributed by atoms with E-state index in [1.165, 1.54) is 16.6 Å². The molecule has 0 saturated carbocycles. The second-order valence-corrected chi connectivity index (χ2v) is 7.63. The molecule has 1 aromatic carbocycles. The number of nitrogens with one attached hydrogen (secondary N) is 1. The molecular formula is C19H21N3O4S. The molecule has 2 rings (SSSR count). The smallest absolute Gasteiger partial charge is 0.251 e. The Hall–Kier alpha value is -2.89. The highest BCUT2D eigenvalue weighted by molar-refractivity contribution is 7.89. The van der Waals surface area contributed by atoms with Gasteiger partial charge in [-0.1, -0.05) is 25.8 Å². The van der Waals surface area contributed by atoms with Gasteiger partial charge in [0.05, 0.1) is 4.90 Å². The summed E-state index contributed by atoms with van der Waals surface area (Å²) in [4.78, 5) is 24.3. The van der Waals surface area contributed by atoms with Gasteiger partial charge in [-0.15, -0.1) is 6.42 Å². The van der Waals surface area contributed by atoms with Crippen molar-refractivity contribution in [2.45, 2.75) is 25.3 Å². The van der Waals surface area contributed by atoms with Crippen molar-refractivity contribution in [2.75, 3.05) is 18.4 Å². The second-order valence-electron chi connectivity index (χ2n) is 5.69. The Balaban J connectivity index is 2.25. The monoisotopic (exact) mass is 387 g/mol. The predicted molar refractivity (Wildman–Crippen MR) is 104 cm³/mol. The van der Waals surface area contributed by atoms with Crippen molar-refractivity contribution in [1.29, 1.82) is 0 Å². The summed E-state index contributed by atoms with van der Waals surface area (Å²) in [5.74, 6) is 2.00. The van der Waals surface area contributed by atoms with Gasteiger partial charge in [0.1, 0.15) is 6.54 Å². The van der Waals surface area contributed by atoms with Crippen LogP contribution in [0.25, 0.3) is 0 Å². The lowest BCUT2D eigenvalue weighted by Gasteiger charge is -2.19. The number of terminal acetylenes is 1. The summed E-state index contributed by atoms with van der Waals surface area (Å²) in [5, 5.41) is 2.64. The molecule has 0 fully saturated rings. The first-order valence-corrected chi connectivity index (χ1v) is 9.83. The van der Waals surface area contributed by atoms with E-state index in [-0.39, 0.29) is 11.4 Å². The second kappa shape index (κ2) is 8.66. The fraction of sp³-hybridized carbons (Fsp3) is 0.263. The number of pyridine rings is 1. The van der Waals surface area contributed by atoms with Crippen molar-refractivity contribution < 1.29 is 13.2 Å². The zero-order valence-electron chi connectivity index (χ0n) is 15.2. The topological polar surface area (TPSA) is 88.5 Å². The van der Waals surface area contributed by atoms with Crippen LogP contribution in [0.5, 0.6) is 0 Å². The van der Waals surface area contributed by atoms with Crippen LogP contribution in [0.1, 0.15) is 19.4 Å². The van der Waals surface area contributed by atoms with E-state index in [0.29, 0.717) is 24.3 Å². The minimum atomic E-state index is -3.72. The number of aromatic nitrogens is 1. The Morgan fingerprint density at radius 1 is 1.22 bits per heavy atom. The Bertz CT molecular complexity index is 1030. The summed E-state index contributed by atoms with van der Waals surface area (Å²) in [6.45, 7) is 3.76. The third-order valence-electron chi connectivity index (χ3n) is 3.93. The van der Waals surface area contributed by atoms with Crippen molar-refractivity contribution in [3.8, 4) is 12.3 Å². The van der Waals surface area contributed by atoms with Crippen LogP contribution >= 0.6 is 0 Å². The van der Waals surface area contributed by atoms with Crippen LogP contribution in [0.2, 0.25) is 0 Å². The molecule has 1 amide bonds. The quantitative estimate of drug-likeness (QED) is 0.729. The maximum absolute atomic E-state index is 12.6. The van der Waals surface area contributed by atoms with E-state index in [9.17, 15) is 18.0 Å². The van der Waals surface area contributed by atoms with Crippen molar-refractivity contribution >= 4 is 21.6 Å². The molecule has 142 valence electrons. The number of hydrogen-bond donors (Lipinski definition) is 1. The number of carbonyl (C=O) groups excluding carboxylic acids is 1. The molecule has 7 nitrogen and oxygen atoms in total. The summed E-state index contributed by atoms with van der Waals surface area (Å²) in [7, 11) is -3.72. The lowest BCUT2D eigenvalue weighted by Crippen LogP contribution is -2.33. The van der Waals surface area contributed by atoms with Gasteiger partial charge >= 0.3 is 0 Å². The summed E-state index contributed by atoms with van der Waals surface area (Å²) < 4.78 is 27.5. The number of carbonyl (C=O) groups is 1. The minimum Gasteiger partial charge on any atom is -0.324 e. The molecule has 1 heterocycles. The van der Waals surface area contributed by atoms with Gasteiger partial charge in [-0.25, -0.2) is 8.42 Å². The van der Waals surface area contributed by atoms with Crippen LogP contribution in [0.15, 0.2) is 52.3 Å². The number of rotatable bonds is 7. The molecule has 0 aliphatic rings. The number of nitrogens with zero attached hydrogens (tertiary/aromatic N) is 2. The molecule has 2 aromatic rings. The molecule has 1 aromatic heterocycles. The lowest BCUT2D eigenvalue weighted by molar-refractivity contribution is -0.116. The first kappa shape index (κ1) is 20.4. The van der Waals surface area contributed by atoms with E-state index in [4.69, 9.17) is 6.42 Å². The predicted octanol–water partition coefficient (Wildman–Crippen LogP) is 1.50. The van der Waals surface area contributed by atoms with Gasteiger partial charge in [0, 0.05) is 36.6 Å². The van der Waals surface area contributed by atoms with Crippen molar-refractivity contribution in [2.24, 2.45) is 0 Å². The van der Waals surface area contributed by atoms with Crippen molar-refractivity contribution in [3.05, 3.63) is 58.5 Å². The molecular weight excluding hydrogens is 366 g/mol. The maximum Gasteiger partial charge on any atom is 0.251 e. The molecule has 0 bridgehead atoms. The molecule has 0 spiro atoms. The molecule has 0 atom stereocenters. The van der Waals surface area contributed by atoms with Gasteiger partial charge in [-0.2, -0.15) is 4.31 Å². The Morgan fingerprint density at radius 3 is 2.56 bits per heavy atom. The van der Waals surface area contributed by atoms with E-state index in [1.807, 2.05) is 0 Å². The van der Waals surface area contributed by atoms with Crippen LogP contribution < -0.4 is 10.9 Å². The molecule has 27 heavy (non-hydrogen) atoms. The molecule has 0 aliphatic heterocycles. The van der Waals surface area contributed by atoms with Crippen LogP contribution in [-0.2, 0) is 21.4 Å². The van der Waals surface area contributed by atoms with Crippen LogP contribution in [-0.4, -0.2) is 36.3 Å². The highest BCUT2D eigenvalue weighted by Gasteiger charge is 2.22. The van der Waals surface area contributed by atoms with Crippen LogP contribution in [0, 0.1) is 12.3 Å². The van der Waals surface area contributed by atoms with Gasteiger partial charge in [0.25, 0.3) is 5.56 Å². The molecule has 0 unspecified atom stereocenters. The first-order chi connectivity index (χ1) is 12.8. The zero-order chi connectivity index (χ0) is 20.0. The van der Waals surface area contributed by atoms with Crippen molar-refractivity contribution in [3.63, 3.8) is 0 Å². The Morgan fingerprint density at radius 2 is 1.93 bits per heavy atom. The summed E-state index contributed by atoms with van der Waals surface area (Å²) in [6.07, 6.45) is 6.52. The molecule has 0 radical (unpaired) electrons. The third kappa shape index (κ3) is 4.84. The van der Waals surface area contributed by atoms with E-state index in [2.05, 4.69) is 11.2 Å². The minimum absolute atomic E-state index is 0.0343. The Kier molecular flexibility index (Phi) is 6.55. The van der Waals surface area contributed by atoms with Crippen LogP contribution in [0.3, 0.4) is 0 Å². The summed E-state index contributed by atoms with van der Waals surface area (Å²) >= 11 is 0. The number of benzene rings is 1. The van der Waals surface area contributed by atoms with Gasteiger partial charge in [0.15, 0.2) is 0 Å². The number of amides is 1. The van der Waals surface area contributed by atoms with Gasteiger partial charge < -0.3 is 9.88 Å². The third-order valence-corrected chi connectivity index (χ3v) is 5.96. The van der Waals surface area contributed by atoms with E-state index in [1.54, 1.807) is 38.1 Å². The normalized spacial score (nSPS) is 11.2. The largest absolute Gasteiger partial charge is 0.324 e. The van der Waals surface area contributed by atoms with E-state index >= 15 is 0 Å². The fourth-order valence-corrected chi connectivity index (χ4v) is 4.02. The zero-order valence-corrected chi connectivity index (χ0v) is 16.0. The summed E-state index contributed by atoms with van der Waals surface area (Å²) in [5.41, 5.74) is 0.633. The van der Waals surface area contributed by atoms with Crippen molar-refractivity contribution in [1.82, 2.24) is 8.87 Å². The Labute approximate surface area is 158 Å². The lowest BCUT2D eigenvalue weighted by atomic mass is 10.2. The average Bonchev–Trinajstić information content (AvgIpc) is 2.64. The molecule has 8 heteroatoms. The van der Waals surface area contributed by atoms with Gasteiger partial charge in [0.2, 0.25) is 15.9 Å². The number of sulfonamides is 1. The molecule has 1 N–H and O–H groups in total. The molecule has 0 saturated heterocycles. The van der Waals surface area contributed by atoms with E-state index in [0.717, 1.165) is 10.6 Å². The standard InChI is InChI=1S/C19H21N3O4S/c1-4-15-8-7-9-16(12-15)20-18(23)14-21-13-17(10-11-19(21)24)27(25,26)22(5-2)6-3/h1,7-13H,5-6,14H2,2-3H3,(H,20,23). The maximum atomic E-state index is 12.6. The highest BCUT2D eigenvalue weighted by atomic mass is 32.2. The molecule has 0 aliphatic carbocycles. The SMILES string of the molecule is C#Cc1cccc(NC(=O)Cn2cc(S(=O)(=O)N(CC)CC)ccc2=O)c1. The van der Waals surface area contributed by atoms with Gasteiger partial charge in [-0.3, -0.25) is 9.59 Å². The number of anilines is 1. The average molecular weight is 387 g/mol. The van der Waals surface area contributed by atoms with Gasteiger partial charge in [-0.05, 0) is 24.3 Å². The summed E-state index contributed by atoms with van der Waals surface area (Å²) in [6, 6.07) is 9.12. The fourth-order valence-electron chi connectivity index (χ4n) is 2.54. The first-order valence-electron chi connectivity index (χ1n) is 8.39. The number of hydrogen-bond acceptors (Lipinski definition) is 4. The highest BCUT2D eigenvalue weighted by Crippen LogP contribution is 2.14. The van der Waals surface area contributed by atoms with E-state index < -0.39 is 21.5 Å². The van der Waals surface area contributed by atoms with Crippen LogP contribution in [0.4, 0.5) is 5.69 Å².